The smallest absolute Gasteiger partial charge is 0.300 e. The van der Waals surface area contributed by atoms with Gasteiger partial charge in [-0.1, -0.05) is 23.7 Å². The number of aliphatic hydroxyl groups is 1. The topological polar surface area (TPSA) is 85.3 Å². The molecule has 1 fully saturated rings. The summed E-state index contributed by atoms with van der Waals surface area (Å²) in [4.78, 5) is 28.1. The van der Waals surface area contributed by atoms with E-state index in [-0.39, 0.29) is 28.0 Å². The number of ether oxygens (including phenoxy) is 3. The highest BCUT2D eigenvalue weighted by molar-refractivity contribution is 6.51. The number of Topliss-reactive ketones (excluding diaryl/α,β-unsaturated/α-hetero) is 1. The van der Waals surface area contributed by atoms with E-state index in [4.69, 9.17) is 25.8 Å². The van der Waals surface area contributed by atoms with Crippen LogP contribution in [0, 0.1) is 0 Å². The fourth-order valence-electron chi connectivity index (χ4n) is 4.15. The van der Waals surface area contributed by atoms with E-state index in [2.05, 4.69) is 0 Å². The lowest BCUT2D eigenvalue weighted by Crippen LogP contribution is -2.29. The molecule has 0 aliphatic carbocycles. The van der Waals surface area contributed by atoms with Crippen LogP contribution in [0.25, 0.3) is 5.76 Å². The van der Waals surface area contributed by atoms with E-state index in [1.54, 1.807) is 60.7 Å². The van der Waals surface area contributed by atoms with Crippen molar-refractivity contribution in [1.29, 1.82) is 0 Å². The van der Waals surface area contributed by atoms with Crippen LogP contribution in [-0.2, 0) is 9.59 Å². The predicted octanol–water partition coefficient (Wildman–Crippen LogP) is 5.77. The lowest BCUT2D eigenvalue weighted by Gasteiger charge is -2.26. The summed E-state index contributed by atoms with van der Waals surface area (Å²) in [6.45, 7) is 3.83. The van der Waals surface area contributed by atoms with Crippen molar-refractivity contribution < 1.29 is 28.9 Å². The zero-order valence-corrected chi connectivity index (χ0v) is 21.1. The number of hydrogen-bond acceptors (Lipinski definition) is 6. The summed E-state index contributed by atoms with van der Waals surface area (Å²) in [5.74, 6) is -0.312. The highest BCUT2D eigenvalue weighted by Crippen LogP contribution is 2.43. The lowest BCUT2D eigenvalue weighted by molar-refractivity contribution is -0.132. The number of rotatable bonds is 7. The Balaban J connectivity index is 1.89. The molecule has 0 spiro atoms. The third-order valence-corrected chi connectivity index (χ3v) is 6.06. The summed E-state index contributed by atoms with van der Waals surface area (Å²) in [6.07, 6.45) is -0.0156. The second kappa shape index (κ2) is 10.3. The SMILES string of the molecule is COc1cccc(C2/C(=C(/O)c3ccc(OC)c(Cl)c3)C(=O)C(=O)N2c2ccc(OC(C)C)cc2)c1. The van der Waals surface area contributed by atoms with Gasteiger partial charge in [0.1, 0.15) is 23.0 Å². The molecule has 1 heterocycles. The number of ketones is 1. The van der Waals surface area contributed by atoms with Crippen molar-refractivity contribution in [3.05, 3.63) is 88.5 Å². The monoisotopic (exact) mass is 507 g/mol. The maximum Gasteiger partial charge on any atom is 0.300 e. The van der Waals surface area contributed by atoms with Gasteiger partial charge in [-0.2, -0.15) is 0 Å². The Morgan fingerprint density at radius 3 is 2.28 bits per heavy atom. The number of benzene rings is 3. The van der Waals surface area contributed by atoms with Crippen molar-refractivity contribution in [2.24, 2.45) is 0 Å². The van der Waals surface area contributed by atoms with E-state index < -0.39 is 17.7 Å². The first-order valence-corrected chi connectivity index (χ1v) is 11.7. The zero-order valence-electron chi connectivity index (χ0n) is 20.3. The molecule has 1 aliphatic heterocycles. The molecule has 1 unspecified atom stereocenters. The number of hydrogen-bond donors (Lipinski definition) is 1. The molecule has 1 N–H and O–H groups in total. The molecule has 4 rings (SSSR count). The number of aliphatic hydroxyl groups excluding tert-OH is 1. The quantitative estimate of drug-likeness (QED) is 0.248. The molecular weight excluding hydrogens is 482 g/mol. The first kappa shape index (κ1) is 25.1. The molecule has 0 radical (unpaired) electrons. The van der Waals surface area contributed by atoms with E-state index in [1.807, 2.05) is 13.8 Å². The maximum absolute atomic E-state index is 13.3. The molecular formula is C28H26ClNO6. The second-order valence-corrected chi connectivity index (χ2v) is 8.86. The van der Waals surface area contributed by atoms with E-state index in [9.17, 15) is 14.7 Å². The number of amides is 1. The Morgan fingerprint density at radius 2 is 1.67 bits per heavy atom. The van der Waals surface area contributed by atoms with Crippen LogP contribution in [0.15, 0.2) is 72.3 Å². The second-order valence-electron chi connectivity index (χ2n) is 8.46. The summed E-state index contributed by atoms with van der Waals surface area (Å²) in [6, 6.07) is 17.7. The molecule has 1 saturated heterocycles. The summed E-state index contributed by atoms with van der Waals surface area (Å²) < 4.78 is 16.3. The first-order valence-electron chi connectivity index (χ1n) is 11.3. The molecule has 0 aromatic heterocycles. The van der Waals surface area contributed by atoms with Gasteiger partial charge in [-0.05, 0) is 74.0 Å². The van der Waals surface area contributed by atoms with Crippen LogP contribution in [0.1, 0.15) is 31.0 Å². The third-order valence-electron chi connectivity index (χ3n) is 5.77. The number of carbonyl (C=O) groups is 2. The Morgan fingerprint density at radius 1 is 0.944 bits per heavy atom. The number of nitrogens with zero attached hydrogens (tertiary/aromatic N) is 1. The molecule has 8 heteroatoms. The van der Waals surface area contributed by atoms with E-state index in [1.165, 1.54) is 25.2 Å². The van der Waals surface area contributed by atoms with Gasteiger partial charge in [0.05, 0.1) is 37.0 Å². The molecule has 7 nitrogen and oxygen atoms in total. The van der Waals surface area contributed by atoms with Crippen LogP contribution >= 0.6 is 11.6 Å². The lowest BCUT2D eigenvalue weighted by atomic mass is 9.95. The minimum absolute atomic E-state index is 0.0156. The molecule has 0 bridgehead atoms. The first-order chi connectivity index (χ1) is 17.2. The van der Waals surface area contributed by atoms with E-state index in [0.29, 0.717) is 28.5 Å². The van der Waals surface area contributed by atoms with Gasteiger partial charge in [-0.3, -0.25) is 14.5 Å². The maximum atomic E-state index is 13.3. The average Bonchev–Trinajstić information content (AvgIpc) is 3.14. The average molecular weight is 508 g/mol. The molecule has 36 heavy (non-hydrogen) atoms. The van der Waals surface area contributed by atoms with E-state index in [0.717, 1.165) is 0 Å². The highest BCUT2D eigenvalue weighted by Gasteiger charge is 2.47. The Bertz CT molecular complexity index is 1330. The zero-order chi connectivity index (χ0) is 26.0. The minimum Gasteiger partial charge on any atom is -0.507 e. The highest BCUT2D eigenvalue weighted by atomic mass is 35.5. The van der Waals surface area contributed by atoms with Gasteiger partial charge in [-0.15, -0.1) is 0 Å². The number of carbonyl (C=O) groups excluding carboxylic acids is 2. The van der Waals surface area contributed by atoms with Crippen LogP contribution in [0.4, 0.5) is 5.69 Å². The predicted molar refractivity (Wildman–Crippen MR) is 138 cm³/mol. The number of anilines is 1. The normalized spacial score (nSPS) is 16.9. The Labute approximate surface area is 214 Å². The summed E-state index contributed by atoms with van der Waals surface area (Å²) in [5.41, 5.74) is 1.30. The Hall–Kier alpha value is -3.97. The van der Waals surface area contributed by atoms with Crippen LogP contribution in [0.5, 0.6) is 17.2 Å². The number of halogens is 1. The molecule has 0 saturated carbocycles. The molecule has 1 aliphatic rings. The molecule has 1 atom stereocenters. The van der Waals surface area contributed by atoms with Crippen LogP contribution in [0.3, 0.4) is 0 Å². The summed E-state index contributed by atoms with van der Waals surface area (Å²) in [7, 11) is 3.01. The Kier molecular flexibility index (Phi) is 7.22. The third kappa shape index (κ3) is 4.75. The van der Waals surface area contributed by atoms with Gasteiger partial charge in [0, 0.05) is 11.3 Å². The van der Waals surface area contributed by atoms with Crippen molar-refractivity contribution >= 4 is 34.7 Å². The standard InChI is InChI=1S/C28H26ClNO6/c1-16(2)36-20-11-9-19(10-12-20)30-25(17-6-5-7-21(14-17)34-3)24(27(32)28(30)33)26(31)18-8-13-23(35-4)22(29)15-18/h5-16,25,31H,1-4H3/b26-24-. The van der Waals surface area contributed by atoms with Crippen molar-refractivity contribution in [2.75, 3.05) is 19.1 Å². The minimum atomic E-state index is -0.905. The van der Waals surface area contributed by atoms with Crippen molar-refractivity contribution in [1.82, 2.24) is 0 Å². The molecule has 186 valence electrons. The molecule has 3 aromatic rings. The summed E-state index contributed by atoms with van der Waals surface area (Å²) >= 11 is 6.26. The fourth-order valence-corrected chi connectivity index (χ4v) is 4.41. The van der Waals surface area contributed by atoms with Gasteiger partial charge in [0.15, 0.2) is 0 Å². The summed E-state index contributed by atoms with van der Waals surface area (Å²) in [5, 5.41) is 11.6. The van der Waals surface area contributed by atoms with Crippen molar-refractivity contribution in [3.63, 3.8) is 0 Å². The van der Waals surface area contributed by atoms with Crippen molar-refractivity contribution in [2.45, 2.75) is 26.0 Å². The number of methoxy groups -OCH3 is 2. The fraction of sp³-hybridized carbons (Fsp3) is 0.214. The van der Waals surface area contributed by atoms with Gasteiger partial charge >= 0.3 is 0 Å². The molecule has 1 amide bonds. The van der Waals surface area contributed by atoms with E-state index >= 15 is 0 Å². The van der Waals surface area contributed by atoms with Gasteiger partial charge < -0.3 is 19.3 Å². The van der Waals surface area contributed by atoms with Gasteiger partial charge in [0.2, 0.25) is 0 Å². The van der Waals surface area contributed by atoms with Crippen molar-refractivity contribution in [3.8, 4) is 17.2 Å². The molecule has 3 aromatic carbocycles. The largest absolute Gasteiger partial charge is 0.507 e. The van der Waals surface area contributed by atoms with Crippen LogP contribution in [0.2, 0.25) is 5.02 Å². The van der Waals surface area contributed by atoms with Crippen LogP contribution in [-0.4, -0.2) is 37.1 Å². The van der Waals surface area contributed by atoms with Gasteiger partial charge in [0.25, 0.3) is 11.7 Å². The van der Waals surface area contributed by atoms with Gasteiger partial charge in [-0.25, -0.2) is 0 Å². The van der Waals surface area contributed by atoms with Crippen LogP contribution < -0.4 is 19.1 Å².